The van der Waals surface area contributed by atoms with Crippen molar-refractivity contribution in [2.45, 2.75) is 6.54 Å². The van der Waals surface area contributed by atoms with Crippen LogP contribution in [0.2, 0.25) is 0 Å². The lowest BCUT2D eigenvalue weighted by Crippen LogP contribution is -2.16. The van der Waals surface area contributed by atoms with Crippen LogP contribution >= 0.6 is 0 Å². The molecule has 82 valence electrons. The van der Waals surface area contributed by atoms with Gasteiger partial charge in [0.15, 0.2) is 0 Å². The molecule has 1 aliphatic rings. The van der Waals surface area contributed by atoms with Gasteiger partial charge in [-0.3, -0.25) is 5.10 Å². The molecule has 0 saturated heterocycles. The number of nitrogens with zero attached hydrogens (tertiary/aromatic N) is 2. The fourth-order valence-electron chi connectivity index (χ4n) is 1.72. The number of fused-ring (bicyclic) bond motifs is 1. The Bertz CT molecular complexity index is 481. The van der Waals surface area contributed by atoms with Crippen LogP contribution in [0.1, 0.15) is 5.56 Å². The van der Waals surface area contributed by atoms with Gasteiger partial charge in [0.05, 0.1) is 11.9 Å². The standard InChI is InChI=1S/C11H12N4O/c1-2-10(9-6-13-14-7-9)15-11-8(1)5-12-3-4-16-11/h1-2,6-7,12H,3-5H2,(H,13,14). The summed E-state index contributed by atoms with van der Waals surface area (Å²) in [5.74, 6) is 0.726. The smallest absolute Gasteiger partial charge is 0.218 e. The Balaban J connectivity index is 2.01. The molecule has 0 aromatic carbocycles. The second-order valence-corrected chi connectivity index (χ2v) is 3.67. The fourth-order valence-corrected chi connectivity index (χ4v) is 1.72. The van der Waals surface area contributed by atoms with Gasteiger partial charge >= 0.3 is 0 Å². The zero-order valence-corrected chi connectivity index (χ0v) is 8.73. The van der Waals surface area contributed by atoms with Crippen LogP contribution in [-0.2, 0) is 6.54 Å². The number of hydrogen-bond acceptors (Lipinski definition) is 4. The van der Waals surface area contributed by atoms with Crippen molar-refractivity contribution in [3.63, 3.8) is 0 Å². The van der Waals surface area contributed by atoms with E-state index in [0.717, 1.165) is 35.8 Å². The van der Waals surface area contributed by atoms with Crippen molar-refractivity contribution >= 4 is 0 Å². The third-order valence-corrected chi connectivity index (χ3v) is 2.57. The minimum Gasteiger partial charge on any atom is -0.476 e. The molecule has 5 heteroatoms. The molecule has 0 amide bonds. The van der Waals surface area contributed by atoms with E-state index < -0.39 is 0 Å². The Morgan fingerprint density at radius 3 is 3.19 bits per heavy atom. The number of nitrogens with one attached hydrogen (secondary N) is 2. The fraction of sp³-hybridized carbons (Fsp3) is 0.273. The van der Waals surface area contributed by atoms with Crippen LogP contribution < -0.4 is 10.1 Å². The first-order valence-corrected chi connectivity index (χ1v) is 5.26. The summed E-state index contributed by atoms with van der Waals surface area (Å²) in [6.45, 7) is 2.33. The second kappa shape index (κ2) is 3.94. The molecule has 0 unspecified atom stereocenters. The van der Waals surface area contributed by atoms with Crippen molar-refractivity contribution in [3.8, 4) is 17.1 Å². The van der Waals surface area contributed by atoms with Gasteiger partial charge < -0.3 is 10.1 Å². The van der Waals surface area contributed by atoms with E-state index in [1.165, 1.54) is 0 Å². The number of rotatable bonds is 1. The molecule has 3 rings (SSSR count). The van der Waals surface area contributed by atoms with Crippen LogP contribution in [0.5, 0.6) is 5.88 Å². The van der Waals surface area contributed by atoms with Gasteiger partial charge in [0.2, 0.25) is 5.88 Å². The lowest BCUT2D eigenvalue weighted by atomic mass is 10.2. The Kier molecular flexibility index (Phi) is 2.30. The van der Waals surface area contributed by atoms with Crippen molar-refractivity contribution in [2.24, 2.45) is 0 Å². The largest absolute Gasteiger partial charge is 0.476 e. The molecule has 2 aromatic rings. The lowest BCUT2D eigenvalue weighted by molar-refractivity contribution is 0.314. The van der Waals surface area contributed by atoms with E-state index in [1.807, 2.05) is 18.3 Å². The molecule has 0 aliphatic carbocycles. The molecule has 0 fully saturated rings. The van der Waals surface area contributed by atoms with Crippen molar-refractivity contribution in [3.05, 3.63) is 30.1 Å². The molecule has 16 heavy (non-hydrogen) atoms. The second-order valence-electron chi connectivity index (χ2n) is 3.67. The van der Waals surface area contributed by atoms with Crippen LogP contribution in [0.15, 0.2) is 24.5 Å². The number of pyridine rings is 1. The average Bonchev–Trinajstić information content (AvgIpc) is 2.74. The van der Waals surface area contributed by atoms with Crippen molar-refractivity contribution in [1.29, 1.82) is 0 Å². The molecule has 0 saturated carbocycles. The predicted molar refractivity (Wildman–Crippen MR) is 59.0 cm³/mol. The van der Waals surface area contributed by atoms with Gasteiger partial charge in [-0.05, 0) is 6.07 Å². The summed E-state index contributed by atoms with van der Waals surface area (Å²) in [4.78, 5) is 4.49. The minimum absolute atomic E-state index is 0.662. The Morgan fingerprint density at radius 2 is 2.31 bits per heavy atom. The third-order valence-electron chi connectivity index (χ3n) is 2.57. The molecule has 0 atom stereocenters. The Morgan fingerprint density at radius 1 is 1.31 bits per heavy atom. The topological polar surface area (TPSA) is 62.8 Å². The summed E-state index contributed by atoms with van der Waals surface area (Å²) in [5.41, 5.74) is 2.96. The molecule has 1 aliphatic heterocycles. The van der Waals surface area contributed by atoms with Gasteiger partial charge in [-0.25, -0.2) is 4.98 Å². The predicted octanol–water partition coefficient (Wildman–Crippen LogP) is 0.954. The maximum atomic E-state index is 5.58. The van der Waals surface area contributed by atoms with Gasteiger partial charge in [-0.2, -0.15) is 5.10 Å². The van der Waals surface area contributed by atoms with Gasteiger partial charge in [0, 0.05) is 30.4 Å². The van der Waals surface area contributed by atoms with Crippen LogP contribution in [0.25, 0.3) is 11.3 Å². The number of aromatic amines is 1. The van der Waals surface area contributed by atoms with Crippen molar-refractivity contribution < 1.29 is 4.74 Å². The molecular formula is C11H12N4O. The molecule has 0 radical (unpaired) electrons. The van der Waals surface area contributed by atoms with E-state index in [9.17, 15) is 0 Å². The highest BCUT2D eigenvalue weighted by molar-refractivity contribution is 5.58. The summed E-state index contributed by atoms with van der Waals surface area (Å²) in [7, 11) is 0. The monoisotopic (exact) mass is 216 g/mol. The summed E-state index contributed by atoms with van der Waals surface area (Å²) in [6.07, 6.45) is 3.58. The number of hydrogen-bond donors (Lipinski definition) is 2. The zero-order valence-electron chi connectivity index (χ0n) is 8.73. The maximum absolute atomic E-state index is 5.58. The SMILES string of the molecule is c1n[nH]cc1-c1ccc2c(n1)OCCNC2. The first-order chi connectivity index (χ1) is 7.93. The molecular weight excluding hydrogens is 204 g/mol. The van der Waals surface area contributed by atoms with E-state index in [1.54, 1.807) is 6.20 Å². The van der Waals surface area contributed by atoms with Crippen LogP contribution in [-0.4, -0.2) is 28.3 Å². The summed E-state index contributed by atoms with van der Waals surface area (Å²) in [6, 6.07) is 4.03. The van der Waals surface area contributed by atoms with E-state index in [-0.39, 0.29) is 0 Å². The molecule has 2 aromatic heterocycles. The van der Waals surface area contributed by atoms with Crippen LogP contribution in [0.4, 0.5) is 0 Å². The third kappa shape index (κ3) is 1.65. The highest BCUT2D eigenvalue weighted by atomic mass is 16.5. The Hall–Kier alpha value is -1.88. The molecule has 0 bridgehead atoms. The van der Waals surface area contributed by atoms with Gasteiger partial charge in [-0.15, -0.1) is 0 Å². The maximum Gasteiger partial charge on any atom is 0.218 e. The van der Waals surface area contributed by atoms with Crippen molar-refractivity contribution in [2.75, 3.05) is 13.2 Å². The zero-order chi connectivity index (χ0) is 10.8. The van der Waals surface area contributed by atoms with E-state index in [0.29, 0.717) is 6.61 Å². The normalized spacial score (nSPS) is 15.0. The molecule has 2 N–H and O–H groups in total. The van der Waals surface area contributed by atoms with E-state index >= 15 is 0 Å². The van der Waals surface area contributed by atoms with E-state index in [2.05, 4.69) is 20.5 Å². The summed E-state index contributed by atoms with van der Waals surface area (Å²) < 4.78 is 5.58. The van der Waals surface area contributed by atoms with Crippen LogP contribution in [0, 0.1) is 0 Å². The summed E-state index contributed by atoms with van der Waals surface area (Å²) in [5, 5.41) is 9.96. The highest BCUT2D eigenvalue weighted by Crippen LogP contribution is 2.23. The number of H-pyrrole nitrogens is 1. The quantitative estimate of drug-likeness (QED) is 0.745. The number of aromatic nitrogens is 3. The van der Waals surface area contributed by atoms with Crippen molar-refractivity contribution in [1.82, 2.24) is 20.5 Å². The first kappa shape index (κ1) is 9.35. The molecule has 0 spiro atoms. The summed E-state index contributed by atoms with van der Waals surface area (Å²) >= 11 is 0. The molecule has 3 heterocycles. The number of ether oxygens (including phenoxy) is 1. The minimum atomic E-state index is 0.662. The Labute approximate surface area is 92.9 Å². The van der Waals surface area contributed by atoms with Gasteiger partial charge in [0.25, 0.3) is 0 Å². The average molecular weight is 216 g/mol. The first-order valence-electron chi connectivity index (χ1n) is 5.26. The highest BCUT2D eigenvalue weighted by Gasteiger charge is 2.11. The lowest BCUT2D eigenvalue weighted by Gasteiger charge is -2.06. The van der Waals surface area contributed by atoms with Gasteiger partial charge in [-0.1, -0.05) is 6.07 Å². The molecule has 5 nitrogen and oxygen atoms in total. The van der Waals surface area contributed by atoms with Crippen LogP contribution in [0.3, 0.4) is 0 Å². The van der Waals surface area contributed by atoms with E-state index in [4.69, 9.17) is 4.74 Å². The van der Waals surface area contributed by atoms with Gasteiger partial charge in [0.1, 0.15) is 6.61 Å².